The minimum atomic E-state index is 0.103. The summed E-state index contributed by atoms with van der Waals surface area (Å²) in [5, 5.41) is 2.85. The molecule has 12 nitrogen and oxygen atoms in total. The van der Waals surface area contributed by atoms with Gasteiger partial charge in [-0.2, -0.15) is 9.13 Å². The van der Waals surface area contributed by atoms with Crippen molar-refractivity contribution in [1.29, 1.82) is 0 Å². The normalized spacial score (nSPS) is 23.4. The Balaban J connectivity index is 1.08. The average molecular weight is 911 g/mol. The third kappa shape index (κ3) is 9.75. The first-order valence-corrected chi connectivity index (χ1v) is 24.5. The lowest BCUT2D eigenvalue weighted by atomic mass is 9.51. The Morgan fingerprint density at radius 1 is 0.406 bits per heavy atom. The van der Waals surface area contributed by atoms with Gasteiger partial charge in [0.2, 0.25) is 21.0 Å². The summed E-state index contributed by atoms with van der Waals surface area (Å²) in [4.78, 5) is 0. The summed E-state index contributed by atoms with van der Waals surface area (Å²) >= 11 is 3.90. The van der Waals surface area contributed by atoms with Crippen molar-refractivity contribution >= 4 is 43.1 Å². The van der Waals surface area contributed by atoms with Crippen molar-refractivity contribution < 1.29 is 56.5 Å². The minimum Gasteiger partial charge on any atom is -0.487 e. The fraction of sp³-hybridized carbons (Fsp3) is 0.480. The van der Waals surface area contributed by atoms with Gasteiger partial charge in [-0.15, -0.1) is 0 Å². The van der Waals surface area contributed by atoms with Crippen LogP contribution in [0.4, 0.5) is 0 Å². The molecule has 4 aromatic carbocycles. The summed E-state index contributed by atoms with van der Waals surface area (Å²) in [5.41, 5.74) is 5.05. The van der Waals surface area contributed by atoms with Gasteiger partial charge in [-0.05, 0) is 59.4 Å². The second-order valence-corrected chi connectivity index (χ2v) is 18.6. The van der Waals surface area contributed by atoms with E-state index in [1.807, 2.05) is 22.7 Å². The lowest BCUT2D eigenvalue weighted by Gasteiger charge is -2.50. The standard InChI is InChI=1S/C50H58N2O10S2/c1-3-8-44-38(6-1)51-14-5-15-52-39-7-2-4-9-45(39)64-50(52)49-37(34-46(51)63-44)47(35-10-12-40-42(32-35)61-30-26-57-22-18-53-16-20-55-24-28-59-40)48(49)36-11-13-41-43(33-36)62-31-27-58-23-19-54-17-21-56-25-29-60-41/h1-4,6-13,32-33,37,47-49H,5,14-31,34H2/q+2/t37-,47-,48-,49-/m1/s1. The lowest BCUT2D eigenvalue weighted by molar-refractivity contribution is -0.708. The molecule has 2 aromatic heterocycles. The Labute approximate surface area is 382 Å². The van der Waals surface area contributed by atoms with E-state index in [9.17, 15) is 0 Å². The predicted octanol–water partition coefficient (Wildman–Crippen LogP) is 7.26. The number of hydrogen-bond donors (Lipinski definition) is 0. The van der Waals surface area contributed by atoms with Crippen molar-refractivity contribution in [3.8, 4) is 23.0 Å². The Hall–Kier alpha value is -4.38. The van der Waals surface area contributed by atoms with E-state index in [1.165, 1.54) is 41.6 Å². The average Bonchev–Trinajstić information content (AvgIpc) is 3.85. The molecule has 0 radical (unpaired) electrons. The van der Waals surface area contributed by atoms with Gasteiger partial charge in [0.1, 0.15) is 35.8 Å². The monoisotopic (exact) mass is 910 g/mol. The SMILES string of the molecule is c1ccc2c(c1)sc1[n+]2CCC[n+]2c(sc3ccccc32)[C@@H]2[C@H](C1)[C@@H](c1ccc3c(c1)OCCOCCOCCOCCO3)[C@H]2c1ccc2c(c1)OCCOCCOCCOCCO2. The molecule has 6 aromatic rings. The first kappa shape index (κ1) is 43.5. The van der Waals surface area contributed by atoms with Crippen LogP contribution < -0.4 is 28.1 Å². The van der Waals surface area contributed by atoms with E-state index in [1.54, 1.807) is 0 Å². The zero-order valence-electron chi connectivity index (χ0n) is 36.3. The van der Waals surface area contributed by atoms with Crippen LogP contribution in [0.1, 0.15) is 45.3 Å². The van der Waals surface area contributed by atoms with Gasteiger partial charge in [-0.1, -0.05) is 59.1 Å². The molecule has 0 unspecified atom stereocenters. The van der Waals surface area contributed by atoms with Gasteiger partial charge in [-0.25, -0.2) is 0 Å². The molecule has 5 heterocycles. The predicted molar refractivity (Wildman–Crippen MR) is 244 cm³/mol. The molecule has 0 spiro atoms. The van der Waals surface area contributed by atoms with Crippen molar-refractivity contribution in [2.45, 2.75) is 43.7 Å². The Morgan fingerprint density at radius 2 is 0.844 bits per heavy atom. The molecule has 1 saturated carbocycles. The van der Waals surface area contributed by atoms with Gasteiger partial charge in [0.15, 0.2) is 36.1 Å². The molecule has 1 fully saturated rings. The Morgan fingerprint density at radius 3 is 1.39 bits per heavy atom. The number of ether oxygens (including phenoxy) is 10. The summed E-state index contributed by atoms with van der Waals surface area (Å²) in [6, 6.07) is 31.0. The second kappa shape index (κ2) is 21.3. The van der Waals surface area contributed by atoms with Crippen molar-refractivity contribution in [3.05, 3.63) is 106 Å². The third-order valence-electron chi connectivity index (χ3n) is 12.6. The smallest absolute Gasteiger partial charge is 0.242 e. The zero-order valence-corrected chi connectivity index (χ0v) is 38.0. The fourth-order valence-corrected chi connectivity index (χ4v) is 12.4. The maximum Gasteiger partial charge on any atom is 0.242 e. The van der Waals surface area contributed by atoms with Crippen LogP contribution in [-0.4, -0.2) is 106 Å². The van der Waals surface area contributed by atoms with Gasteiger partial charge in [-0.3, -0.25) is 0 Å². The molecule has 4 atom stereocenters. The highest BCUT2D eigenvalue weighted by molar-refractivity contribution is 7.18. The highest BCUT2D eigenvalue weighted by Gasteiger charge is 2.58. The molecule has 64 heavy (non-hydrogen) atoms. The Kier molecular flexibility index (Phi) is 14.5. The van der Waals surface area contributed by atoms with E-state index in [0.29, 0.717) is 129 Å². The quantitative estimate of drug-likeness (QED) is 0.165. The van der Waals surface area contributed by atoms with Gasteiger partial charge in [0.05, 0.1) is 91.6 Å². The van der Waals surface area contributed by atoms with Crippen LogP contribution in [0.3, 0.4) is 0 Å². The summed E-state index contributed by atoms with van der Waals surface area (Å²) < 4.78 is 68.3. The van der Waals surface area contributed by atoms with Crippen molar-refractivity contribution in [1.82, 2.24) is 0 Å². The number of aryl methyl sites for hydroxylation is 2. The lowest BCUT2D eigenvalue weighted by Crippen LogP contribution is -2.52. The number of para-hydroxylation sites is 2. The van der Waals surface area contributed by atoms with Crippen LogP contribution >= 0.6 is 22.7 Å². The van der Waals surface area contributed by atoms with Crippen LogP contribution in [0.2, 0.25) is 0 Å². The van der Waals surface area contributed by atoms with E-state index >= 15 is 0 Å². The number of benzene rings is 4. The fourth-order valence-electron chi connectivity index (χ4n) is 9.75. The van der Waals surface area contributed by atoms with Gasteiger partial charge in [0, 0.05) is 24.5 Å². The van der Waals surface area contributed by atoms with Crippen LogP contribution in [0, 0.1) is 5.92 Å². The molecule has 4 aliphatic rings. The molecule has 338 valence electrons. The van der Waals surface area contributed by atoms with Crippen molar-refractivity contribution in [2.24, 2.45) is 5.92 Å². The molecule has 1 aliphatic carbocycles. The number of hydrogen-bond acceptors (Lipinski definition) is 12. The highest BCUT2D eigenvalue weighted by atomic mass is 32.1. The van der Waals surface area contributed by atoms with E-state index in [-0.39, 0.29) is 23.7 Å². The van der Waals surface area contributed by atoms with Gasteiger partial charge >= 0.3 is 0 Å². The maximum atomic E-state index is 6.54. The first-order valence-electron chi connectivity index (χ1n) is 22.9. The summed E-state index contributed by atoms with van der Waals surface area (Å²) in [6.45, 7) is 9.40. The Bertz CT molecular complexity index is 2470. The van der Waals surface area contributed by atoms with Gasteiger partial charge < -0.3 is 47.4 Å². The minimum absolute atomic E-state index is 0.103. The van der Waals surface area contributed by atoms with Crippen LogP contribution in [0.5, 0.6) is 23.0 Å². The molecule has 3 aliphatic heterocycles. The van der Waals surface area contributed by atoms with Crippen molar-refractivity contribution in [3.63, 3.8) is 0 Å². The topological polar surface area (TPSA) is 100 Å². The van der Waals surface area contributed by atoms with Crippen molar-refractivity contribution in [2.75, 3.05) is 106 Å². The van der Waals surface area contributed by atoms with E-state index in [2.05, 4.69) is 94.1 Å². The van der Waals surface area contributed by atoms with E-state index < -0.39 is 0 Å². The second-order valence-electron chi connectivity index (χ2n) is 16.5. The molecule has 0 bridgehead atoms. The molecule has 0 saturated heterocycles. The van der Waals surface area contributed by atoms with Crippen LogP contribution in [0.15, 0.2) is 84.9 Å². The summed E-state index contributed by atoms with van der Waals surface area (Å²) in [7, 11) is 0. The van der Waals surface area contributed by atoms with Crippen LogP contribution in [-0.2, 0) is 47.9 Å². The number of aromatic nitrogens is 2. The summed E-state index contributed by atoms with van der Waals surface area (Å²) in [6.07, 6.45) is 1.97. The molecule has 0 amide bonds. The molecule has 0 N–H and O–H groups in total. The van der Waals surface area contributed by atoms with Crippen LogP contribution in [0.25, 0.3) is 20.4 Å². The number of nitrogens with zero attached hydrogens (tertiary/aromatic N) is 2. The van der Waals surface area contributed by atoms with Gasteiger partial charge in [0.25, 0.3) is 0 Å². The molecule has 14 heteroatoms. The largest absolute Gasteiger partial charge is 0.487 e. The molecular formula is C50H58N2O10S2+2. The number of fused-ring (bicyclic) bond motifs is 10. The van der Waals surface area contributed by atoms with E-state index in [0.717, 1.165) is 25.9 Å². The third-order valence-corrected chi connectivity index (χ3v) is 15.1. The first-order chi connectivity index (χ1) is 31.8. The number of rotatable bonds is 2. The van der Waals surface area contributed by atoms with E-state index in [4.69, 9.17) is 47.4 Å². The number of thiazole rings is 2. The summed E-state index contributed by atoms with van der Waals surface area (Å²) in [5.74, 6) is 3.53. The zero-order chi connectivity index (χ0) is 42.9. The highest BCUT2D eigenvalue weighted by Crippen LogP contribution is 2.64. The molecule has 10 rings (SSSR count). The molecular weight excluding hydrogens is 853 g/mol. The maximum absolute atomic E-state index is 6.54.